The molecule has 0 saturated heterocycles. The van der Waals surface area contributed by atoms with Crippen LogP contribution >= 0.6 is 0 Å². The van der Waals surface area contributed by atoms with Gasteiger partial charge in [-0.1, -0.05) is 12.1 Å². The van der Waals surface area contributed by atoms with Crippen LogP contribution in [0.5, 0.6) is 0 Å². The van der Waals surface area contributed by atoms with Gasteiger partial charge in [0.25, 0.3) is 0 Å². The quantitative estimate of drug-likeness (QED) is 0.842. The first kappa shape index (κ1) is 14.6. The fourth-order valence-electron chi connectivity index (χ4n) is 2.51. The lowest BCUT2D eigenvalue weighted by atomic mass is 9.87. The highest BCUT2D eigenvalue weighted by atomic mass is 16.6. The van der Waals surface area contributed by atoms with Gasteiger partial charge in [0.15, 0.2) is 0 Å². The molecule has 1 aliphatic carbocycles. The van der Waals surface area contributed by atoms with Crippen molar-refractivity contribution in [2.45, 2.75) is 51.7 Å². The van der Waals surface area contributed by atoms with Crippen LogP contribution in [0.4, 0.5) is 4.79 Å². The number of carbonyl (C=O) groups excluding carboxylic acids is 2. The van der Waals surface area contributed by atoms with E-state index in [2.05, 4.69) is 5.32 Å². The van der Waals surface area contributed by atoms with Crippen LogP contribution in [0.15, 0.2) is 18.2 Å². The third-order valence-corrected chi connectivity index (χ3v) is 3.31. The van der Waals surface area contributed by atoms with E-state index >= 15 is 0 Å². The van der Waals surface area contributed by atoms with E-state index in [0.29, 0.717) is 5.56 Å². The maximum absolute atomic E-state index is 11.9. The van der Waals surface area contributed by atoms with E-state index in [1.54, 1.807) is 6.07 Å². The fraction of sp³-hybridized carbons (Fsp3) is 0.500. The van der Waals surface area contributed by atoms with Crippen LogP contribution in [-0.2, 0) is 11.2 Å². The number of nitrogens with one attached hydrogen (secondary N) is 1. The second kappa shape index (κ2) is 5.65. The van der Waals surface area contributed by atoms with Crippen molar-refractivity contribution in [3.63, 3.8) is 0 Å². The standard InChI is InChI=1S/C16H21NO3/c1-16(2,3)20-15(19)17-14-6-4-5-12-9-11(10-18)7-8-13(12)14/h7-10,14H,4-6H2,1-3H3,(H,17,19)/t14-/m0/s1. The fourth-order valence-corrected chi connectivity index (χ4v) is 2.51. The molecule has 0 heterocycles. The molecular formula is C16H21NO3. The van der Waals surface area contributed by atoms with Gasteiger partial charge in [-0.15, -0.1) is 0 Å². The van der Waals surface area contributed by atoms with Gasteiger partial charge in [-0.2, -0.15) is 0 Å². The van der Waals surface area contributed by atoms with Crippen molar-refractivity contribution in [3.05, 3.63) is 34.9 Å². The maximum Gasteiger partial charge on any atom is 0.408 e. The predicted octanol–water partition coefficient (Wildman–Crippen LogP) is 3.40. The van der Waals surface area contributed by atoms with Crippen LogP contribution in [0.3, 0.4) is 0 Å². The maximum atomic E-state index is 11.9. The monoisotopic (exact) mass is 275 g/mol. The summed E-state index contributed by atoms with van der Waals surface area (Å²) in [6, 6.07) is 5.60. The van der Waals surface area contributed by atoms with Crippen LogP contribution in [0.25, 0.3) is 0 Å². The molecule has 108 valence electrons. The summed E-state index contributed by atoms with van der Waals surface area (Å²) in [7, 11) is 0. The number of ether oxygens (including phenoxy) is 1. The molecule has 20 heavy (non-hydrogen) atoms. The average molecular weight is 275 g/mol. The van der Waals surface area contributed by atoms with Crippen molar-refractivity contribution in [1.82, 2.24) is 5.32 Å². The van der Waals surface area contributed by atoms with Crippen LogP contribution in [0.1, 0.15) is 61.1 Å². The van der Waals surface area contributed by atoms with Crippen LogP contribution in [0.2, 0.25) is 0 Å². The molecule has 0 saturated carbocycles. The Bertz CT molecular complexity index is 517. The van der Waals surface area contributed by atoms with Gasteiger partial charge in [0.2, 0.25) is 0 Å². The number of alkyl carbamates (subject to hydrolysis) is 1. The molecule has 0 fully saturated rings. The van der Waals surface area contributed by atoms with Gasteiger partial charge in [-0.3, -0.25) is 4.79 Å². The number of rotatable bonds is 2. The molecule has 1 aliphatic rings. The van der Waals surface area contributed by atoms with Crippen LogP contribution < -0.4 is 5.32 Å². The zero-order valence-electron chi connectivity index (χ0n) is 12.2. The molecule has 1 atom stereocenters. The molecule has 2 rings (SSSR count). The molecule has 1 N–H and O–H groups in total. The zero-order valence-corrected chi connectivity index (χ0v) is 12.2. The van der Waals surface area contributed by atoms with Crippen molar-refractivity contribution < 1.29 is 14.3 Å². The van der Waals surface area contributed by atoms with Crippen molar-refractivity contribution in [1.29, 1.82) is 0 Å². The Morgan fingerprint density at radius 1 is 1.40 bits per heavy atom. The first-order valence-corrected chi connectivity index (χ1v) is 6.96. The SMILES string of the molecule is CC(C)(C)OC(=O)N[C@H]1CCCc2cc(C=O)ccc21. The third-order valence-electron chi connectivity index (χ3n) is 3.31. The normalized spacial score (nSPS) is 18.1. The number of benzene rings is 1. The number of fused-ring (bicyclic) bond motifs is 1. The van der Waals surface area contributed by atoms with E-state index < -0.39 is 11.7 Å². The molecule has 0 aliphatic heterocycles. The van der Waals surface area contributed by atoms with E-state index in [4.69, 9.17) is 4.74 Å². The molecular weight excluding hydrogens is 254 g/mol. The van der Waals surface area contributed by atoms with Gasteiger partial charge in [0.1, 0.15) is 11.9 Å². The Hall–Kier alpha value is -1.84. The molecule has 0 spiro atoms. The second-order valence-corrected chi connectivity index (χ2v) is 6.17. The lowest BCUT2D eigenvalue weighted by molar-refractivity contribution is 0.0498. The van der Waals surface area contributed by atoms with Crippen LogP contribution in [0, 0.1) is 0 Å². The number of aldehydes is 1. The smallest absolute Gasteiger partial charge is 0.408 e. The first-order valence-electron chi connectivity index (χ1n) is 6.96. The minimum absolute atomic E-state index is 0.0331. The molecule has 1 amide bonds. The first-order chi connectivity index (χ1) is 9.39. The van der Waals surface area contributed by atoms with Gasteiger partial charge in [-0.25, -0.2) is 4.79 Å². The van der Waals surface area contributed by atoms with Gasteiger partial charge in [0, 0.05) is 5.56 Å². The summed E-state index contributed by atoms with van der Waals surface area (Å²) < 4.78 is 5.29. The van der Waals surface area contributed by atoms with E-state index in [1.807, 2.05) is 32.9 Å². The van der Waals surface area contributed by atoms with Crippen molar-refractivity contribution in [3.8, 4) is 0 Å². The summed E-state index contributed by atoms with van der Waals surface area (Å²) in [6.07, 6.45) is 3.30. The average Bonchev–Trinajstić information content (AvgIpc) is 2.36. The Morgan fingerprint density at radius 3 is 2.80 bits per heavy atom. The summed E-state index contributed by atoms with van der Waals surface area (Å²) in [5.74, 6) is 0. The number of aryl methyl sites for hydroxylation is 1. The van der Waals surface area contributed by atoms with Gasteiger partial charge < -0.3 is 10.1 Å². The molecule has 0 bridgehead atoms. The molecule has 4 nitrogen and oxygen atoms in total. The lowest BCUT2D eigenvalue weighted by Crippen LogP contribution is -2.36. The van der Waals surface area contributed by atoms with E-state index in [1.165, 1.54) is 0 Å². The summed E-state index contributed by atoms with van der Waals surface area (Å²) in [5, 5.41) is 2.92. The van der Waals surface area contributed by atoms with Crippen LogP contribution in [-0.4, -0.2) is 18.0 Å². The molecule has 4 heteroatoms. The predicted molar refractivity (Wildman–Crippen MR) is 76.9 cm³/mol. The van der Waals surface area contributed by atoms with E-state index in [9.17, 15) is 9.59 Å². The molecule has 0 aromatic heterocycles. The second-order valence-electron chi connectivity index (χ2n) is 6.17. The van der Waals surface area contributed by atoms with Crippen molar-refractivity contribution in [2.75, 3.05) is 0 Å². The number of carbonyl (C=O) groups is 2. The number of amides is 1. The third kappa shape index (κ3) is 3.59. The van der Waals surface area contributed by atoms with E-state index in [0.717, 1.165) is 36.7 Å². The van der Waals surface area contributed by atoms with Crippen molar-refractivity contribution >= 4 is 12.4 Å². The lowest BCUT2D eigenvalue weighted by Gasteiger charge is -2.28. The van der Waals surface area contributed by atoms with Gasteiger partial charge >= 0.3 is 6.09 Å². The minimum Gasteiger partial charge on any atom is -0.444 e. The molecule has 0 unspecified atom stereocenters. The largest absolute Gasteiger partial charge is 0.444 e. The Morgan fingerprint density at radius 2 is 2.15 bits per heavy atom. The van der Waals surface area contributed by atoms with Gasteiger partial charge in [-0.05, 0) is 57.2 Å². The Balaban J connectivity index is 2.12. The zero-order chi connectivity index (χ0) is 14.8. The highest BCUT2D eigenvalue weighted by Gasteiger charge is 2.24. The summed E-state index contributed by atoms with van der Waals surface area (Å²) >= 11 is 0. The summed E-state index contributed by atoms with van der Waals surface area (Å²) in [6.45, 7) is 5.53. The number of hydrogen-bond acceptors (Lipinski definition) is 3. The van der Waals surface area contributed by atoms with E-state index in [-0.39, 0.29) is 6.04 Å². The highest BCUT2D eigenvalue weighted by Crippen LogP contribution is 2.30. The molecule has 1 aromatic carbocycles. The highest BCUT2D eigenvalue weighted by molar-refractivity contribution is 5.75. The summed E-state index contributed by atoms with van der Waals surface area (Å²) in [4.78, 5) is 22.7. The number of hydrogen-bond donors (Lipinski definition) is 1. The minimum atomic E-state index is -0.497. The molecule has 0 radical (unpaired) electrons. The van der Waals surface area contributed by atoms with Gasteiger partial charge in [0.05, 0.1) is 6.04 Å². The van der Waals surface area contributed by atoms with Crippen molar-refractivity contribution in [2.24, 2.45) is 0 Å². The molecule has 1 aromatic rings. The Labute approximate surface area is 119 Å². The topological polar surface area (TPSA) is 55.4 Å². The summed E-state index contributed by atoms with van der Waals surface area (Å²) in [5.41, 5.74) is 2.42. The Kier molecular flexibility index (Phi) is 4.12.